The molecule has 0 spiro atoms. The number of aromatic nitrogens is 1. The van der Waals surface area contributed by atoms with E-state index in [2.05, 4.69) is 6.07 Å². The molecule has 0 aliphatic heterocycles. The van der Waals surface area contributed by atoms with Gasteiger partial charge in [0, 0.05) is 10.8 Å². The molecule has 0 aliphatic rings. The lowest BCUT2D eigenvalue weighted by Gasteiger charge is -1.98. The van der Waals surface area contributed by atoms with Crippen molar-refractivity contribution in [3.8, 4) is 6.07 Å². The van der Waals surface area contributed by atoms with E-state index in [4.69, 9.17) is 10.1 Å². The van der Waals surface area contributed by atoms with Gasteiger partial charge >= 0.3 is 0 Å². The smallest absolute Gasteiger partial charge is 0.240 e. The standard InChI is InChI=1S/C13H11N2O/c14-9-13-7-4-8-15(10-13)16-11-12-5-2-1-3-6-12/h1-8,10H,11H2/q+1. The Morgan fingerprint density at radius 1 is 1.12 bits per heavy atom. The second-order valence-corrected chi connectivity index (χ2v) is 3.32. The summed E-state index contributed by atoms with van der Waals surface area (Å²) in [5, 5.41) is 8.73. The van der Waals surface area contributed by atoms with Crippen LogP contribution in [0.15, 0.2) is 54.9 Å². The van der Waals surface area contributed by atoms with E-state index < -0.39 is 0 Å². The third-order valence-electron chi connectivity index (χ3n) is 2.13. The van der Waals surface area contributed by atoms with Crippen molar-refractivity contribution in [2.24, 2.45) is 0 Å². The van der Waals surface area contributed by atoms with Crippen LogP contribution in [0.1, 0.15) is 11.1 Å². The van der Waals surface area contributed by atoms with E-state index in [0.717, 1.165) is 5.56 Å². The number of hydrogen-bond donors (Lipinski definition) is 0. The number of nitrogens with zero attached hydrogens (tertiary/aromatic N) is 2. The first-order valence-corrected chi connectivity index (χ1v) is 4.97. The third-order valence-corrected chi connectivity index (χ3v) is 2.13. The summed E-state index contributed by atoms with van der Waals surface area (Å²) in [4.78, 5) is 5.50. The van der Waals surface area contributed by atoms with Gasteiger partial charge in [-0.1, -0.05) is 30.3 Å². The van der Waals surface area contributed by atoms with Crippen LogP contribution in [-0.2, 0) is 6.61 Å². The molecule has 0 unspecified atom stereocenters. The Morgan fingerprint density at radius 2 is 1.94 bits per heavy atom. The molecule has 3 heteroatoms. The fourth-order valence-corrected chi connectivity index (χ4v) is 1.32. The third kappa shape index (κ3) is 2.58. The maximum atomic E-state index is 8.73. The van der Waals surface area contributed by atoms with Crippen LogP contribution in [0, 0.1) is 11.3 Å². The maximum absolute atomic E-state index is 8.73. The predicted molar refractivity (Wildman–Crippen MR) is 58.1 cm³/mol. The van der Waals surface area contributed by atoms with Crippen molar-refractivity contribution in [2.45, 2.75) is 6.61 Å². The predicted octanol–water partition coefficient (Wildman–Crippen LogP) is 1.47. The van der Waals surface area contributed by atoms with Crippen LogP contribution in [0.2, 0.25) is 0 Å². The van der Waals surface area contributed by atoms with E-state index >= 15 is 0 Å². The summed E-state index contributed by atoms with van der Waals surface area (Å²) in [6, 6.07) is 15.5. The van der Waals surface area contributed by atoms with Crippen molar-refractivity contribution < 1.29 is 9.57 Å². The first-order chi connectivity index (χ1) is 7.88. The highest BCUT2D eigenvalue weighted by atomic mass is 16.7. The van der Waals surface area contributed by atoms with Gasteiger partial charge in [0.1, 0.15) is 11.6 Å². The Balaban J connectivity index is 2.03. The van der Waals surface area contributed by atoms with Crippen LogP contribution in [0.3, 0.4) is 0 Å². The van der Waals surface area contributed by atoms with Crippen LogP contribution >= 0.6 is 0 Å². The summed E-state index contributed by atoms with van der Waals surface area (Å²) in [5.41, 5.74) is 1.67. The summed E-state index contributed by atoms with van der Waals surface area (Å²) < 4.78 is 1.55. The van der Waals surface area contributed by atoms with Crippen LogP contribution in [0.5, 0.6) is 0 Å². The molecule has 0 atom stereocenters. The van der Waals surface area contributed by atoms with Gasteiger partial charge in [0.15, 0.2) is 6.61 Å². The average molecular weight is 211 g/mol. The van der Waals surface area contributed by atoms with E-state index in [1.165, 1.54) is 0 Å². The molecule has 0 radical (unpaired) electrons. The molecule has 0 N–H and O–H groups in total. The summed E-state index contributed by atoms with van der Waals surface area (Å²) in [7, 11) is 0. The molecular formula is C13H11N2O+. The Morgan fingerprint density at radius 3 is 2.69 bits per heavy atom. The van der Waals surface area contributed by atoms with Gasteiger partial charge in [-0.25, -0.2) is 0 Å². The summed E-state index contributed by atoms with van der Waals surface area (Å²) in [6.45, 7) is 0.486. The molecule has 0 saturated heterocycles. The van der Waals surface area contributed by atoms with Crippen molar-refractivity contribution in [3.05, 3.63) is 66.0 Å². The zero-order chi connectivity index (χ0) is 11.2. The molecule has 0 fully saturated rings. The lowest BCUT2D eigenvalue weighted by molar-refractivity contribution is -0.895. The fraction of sp³-hybridized carbons (Fsp3) is 0.0769. The fourth-order valence-electron chi connectivity index (χ4n) is 1.32. The molecule has 0 bridgehead atoms. The van der Waals surface area contributed by atoms with E-state index in [9.17, 15) is 0 Å². The van der Waals surface area contributed by atoms with E-state index in [-0.39, 0.29) is 0 Å². The largest absolute Gasteiger partial charge is 0.267 e. The number of rotatable bonds is 3. The first kappa shape index (κ1) is 10.2. The highest BCUT2D eigenvalue weighted by molar-refractivity contribution is 5.21. The molecule has 1 aromatic carbocycles. The molecule has 1 heterocycles. The minimum atomic E-state index is 0.486. The summed E-state index contributed by atoms with van der Waals surface area (Å²) in [5.74, 6) is 0. The lowest BCUT2D eigenvalue weighted by atomic mass is 10.2. The van der Waals surface area contributed by atoms with Gasteiger partial charge in [-0.3, -0.25) is 4.84 Å². The zero-order valence-corrected chi connectivity index (χ0v) is 8.71. The highest BCUT2D eigenvalue weighted by Gasteiger charge is 2.03. The van der Waals surface area contributed by atoms with Gasteiger partial charge in [-0.05, 0) is 11.6 Å². The zero-order valence-electron chi connectivity index (χ0n) is 8.71. The number of benzene rings is 1. The minimum absolute atomic E-state index is 0.486. The molecule has 0 aliphatic carbocycles. The van der Waals surface area contributed by atoms with Crippen LogP contribution < -0.4 is 9.57 Å². The van der Waals surface area contributed by atoms with Crippen LogP contribution in [0.4, 0.5) is 0 Å². The molecule has 2 aromatic rings. The molecule has 0 amide bonds. The quantitative estimate of drug-likeness (QED) is 0.721. The Kier molecular flexibility index (Phi) is 3.15. The second-order valence-electron chi connectivity index (χ2n) is 3.32. The molecule has 1 aromatic heterocycles. The van der Waals surface area contributed by atoms with Gasteiger partial charge in [0.05, 0.1) is 0 Å². The lowest BCUT2D eigenvalue weighted by Crippen LogP contribution is -2.41. The van der Waals surface area contributed by atoms with Gasteiger partial charge in [-0.2, -0.15) is 5.26 Å². The van der Waals surface area contributed by atoms with Gasteiger partial charge in [-0.15, -0.1) is 0 Å². The topological polar surface area (TPSA) is 36.9 Å². The number of pyridine rings is 1. The second kappa shape index (κ2) is 4.94. The number of hydrogen-bond acceptors (Lipinski definition) is 2. The monoisotopic (exact) mass is 211 g/mol. The molecular weight excluding hydrogens is 200 g/mol. The van der Waals surface area contributed by atoms with E-state index in [1.54, 1.807) is 29.3 Å². The first-order valence-electron chi connectivity index (χ1n) is 4.97. The van der Waals surface area contributed by atoms with Crippen LogP contribution in [0.25, 0.3) is 0 Å². The highest BCUT2D eigenvalue weighted by Crippen LogP contribution is 1.97. The maximum Gasteiger partial charge on any atom is 0.240 e. The van der Waals surface area contributed by atoms with Crippen molar-refractivity contribution in [3.63, 3.8) is 0 Å². The Labute approximate surface area is 94.1 Å². The molecule has 78 valence electrons. The average Bonchev–Trinajstić information content (AvgIpc) is 2.38. The Bertz CT molecular complexity index is 503. The van der Waals surface area contributed by atoms with Gasteiger partial charge < -0.3 is 0 Å². The molecule has 16 heavy (non-hydrogen) atoms. The minimum Gasteiger partial charge on any atom is -0.267 e. The van der Waals surface area contributed by atoms with Crippen molar-refractivity contribution in [1.29, 1.82) is 5.26 Å². The Hall–Kier alpha value is -2.34. The van der Waals surface area contributed by atoms with Crippen molar-refractivity contribution in [2.75, 3.05) is 0 Å². The van der Waals surface area contributed by atoms with Crippen molar-refractivity contribution >= 4 is 0 Å². The SMILES string of the molecule is N#Cc1ccc[n+](OCc2ccccc2)c1. The summed E-state index contributed by atoms with van der Waals surface area (Å²) in [6.07, 6.45) is 3.42. The van der Waals surface area contributed by atoms with Gasteiger partial charge in [0.25, 0.3) is 0 Å². The molecule has 0 saturated carbocycles. The van der Waals surface area contributed by atoms with E-state index in [0.29, 0.717) is 12.2 Å². The van der Waals surface area contributed by atoms with Crippen LogP contribution in [-0.4, -0.2) is 0 Å². The number of nitriles is 1. The summed E-state index contributed by atoms with van der Waals surface area (Å²) >= 11 is 0. The van der Waals surface area contributed by atoms with E-state index in [1.807, 2.05) is 30.3 Å². The van der Waals surface area contributed by atoms with Crippen molar-refractivity contribution in [1.82, 2.24) is 0 Å². The van der Waals surface area contributed by atoms with Gasteiger partial charge in [0.2, 0.25) is 12.4 Å². The molecule has 2 rings (SSSR count). The molecule has 3 nitrogen and oxygen atoms in total. The normalized spacial score (nSPS) is 9.44.